The second kappa shape index (κ2) is 15.3. The highest BCUT2D eigenvalue weighted by Crippen LogP contribution is 2.52. The van der Waals surface area contributed by atoms with Gasteiger partial charge in [0.15, 0.2) is 6.61 Å². The Labute approximate surface area is 303 Å². The Hall–Kier alpha value is -4.61. The van der Waals surface area contributed by atoms with E-state index in [2.05, 4.69) is 41.5 Å². The van der Waals surface area contributed by atoms with Crippen molar-refractivity contribution < 1.29 is 42.2 Å². The summed E-state index contributed by atoms with van der Waals surface area (Å²) in [5.74, 6) is -4.42. The van der Waals surface area contributed by atoms with E-state index in [0.717, 1.165) is 5.56 Å². The average Bonchev–Trinajstić information content (AvgIpc) is 3.98. The molecular weight excluding hydrogens is 744 g/mol. The van der Waals surface area contributed by atoms with E-state index in [1.54, 1.807) is 12.1 Å². The fraction of sp³-hybridized carbons (Fsp3) is 0.387. The minimum Gasteiger partial charge on any atom is -0.480 e. The molecular formula is C31H30Cl3F3N8O6. The van der Waals surface area contributed by atoms with Crippen molar-refractivity contribution >= 4 is 76.1 Å². The summed E-state index contributed by atoms with van der Waals surface area (Å²) in [7, 11) is 0. The van der Waals surface area contributed by atoms with E-state index < -0.39 is 58.4 Å². The van der Waals surface area contributed by atoms with Gasteiger partial charge in [-0.3, -0.25) is 14.4 Å². The number of ether oxygens (including phenoxy) is 1. The number of aliphatic carboxylic acids is 1. The lowest BCUT2D eigenvalue weighted by molar-refractivity contribution is -0.154. The van der Waals surface area contributed by atoms with E-state index in [4.69, 9.17) is 39.5 Å². The van der Waals surface area contributed by atoms with Gasteiger partial charge in [-0.05, 0) is 67.6 Å². The van der Waals surface area contributed by atoms with Gasteiger partial charge in [-0.2, -0.15) is 28.1 Å². The molecule has 6 N–H and O–H groups in total. The third kappa shape index (κ3) is 10.7. The molecule has 20 heteroatoms. The van der Waals surface area contributed by atoms with Crippen LogP contribution in [0, 0.1) is 5.92 Å². The molecule has 2 fully saturated rings. The van der Waals surface area contributed by atoms with Gasteiger partial charge in [-0.25, -0.2) is 4.79 Å². The zero-order chi connectivity index (χ0) is 37.0. The van der Waals surface area contributed by atoms with Crippen LogP contribution < -0.4 is 31.3 Å². The van der Waals surface area contributed by atoms with Crippen LogP contribution in [0.1, 0.15) is 41.6 Å². The molecule has 0 aliphatic heterocycles. The molecule has 1 aromatic heterocycles. The van der Waals surface area contributed by atoms with E-state index in [1.165, 1.54) is 24.3 Å². The number of hydrogen-bond donors (Lipinski definition) is 6. The summed E-state index contributed by atoms with van der Waals surface area (Å²) in [5, 5.41) is 23.2. The van der Waals surface area contributed by atoms with Crippen molar-refractivity contribution in [2.24, 2.45) is 5.92 Å². The molecule has 14 nitrogen and oxygen atoms in total. The fourth-order valence-corrected chi connectivity index (χ4v) is 5.46. The molecule has 0 spiro atoms. The number of nitrogens with one attached hydrogen (secondary N) is 5. The minimum absolute atomic E-state index is 0.0448. The van der Waals surface area contributed by atoms with Crippen molar-refractivity contribution in [1.82, 2.24) is 30.9 Å². The van der Waals surface area contributed by atoms with Crippen LogP contribution in [0.25, 0.3) is 0 Å². The lowest BCUT2D eigenvalue weighted by Crippen LogP contribution is -2.45. The summed E-state index contributed by atoms with van der Waals surface area (Å²) in [5.41, 5.74) is 0.707. The number of aromatic nitrogens is 3. The van der Waals surface area contributed by atoms with Gasteiger partial charge in [0.1, 0.15) is 10.4 Å². The van der Waals surface area contributed by atoms with Crippen molar-refractivity contribution in [3.05, 3.63) is 64.7 Å². The molecule has 2 atom stereocenters. The molecule has 3 amide bonds. The first kappa shape index (κ1) is 37.6. The van der Waals surface area contributed by atoms with Gasteiger partial charge in [0.25, 0.3) is 5.91 Å². The van der Waals surface area contributed by atoms with Crippen molar-refractivity contribution in [2.75, 3.05) is 30.3 Å². The van der Waals surface area contributed by atoms with Crippen LogP contribution in [0.2, 0.25) is 5.02 Å². The van der Waals surface area contributed by atoms with E-state index in [1.807, 2.05) is 12.1 Å². The van der Waals surface area contributed by atoms with Gasteiger partial charge in [-0.15, -0.1) is 23.2 Å². The molecule has 0 radical (unpaired) electrons. The number of rotatable bonds is 15. The molecule has 5 rings (SSSR count). The van der Waals surface area contributed by atoms with Crippen LogP contribution in [-0.2, 0) is 19.9 Å². The molecule has 1 unspecified atom stereocenters. The zero-order valence-electron chi connectivity index (χ0n) is 26.3. The van der Waals surface area contributed by atoms with Crippen molar-refractivity contribution in [3.8, 4) is 6.01 Å². The molecule has 2 aliphatic carbocycles. The summed E-state index contributed by atoms with van der Waals surface area (Å²) in [6.07, 6.45) is -3.00. The number of nitrogens with zero attached hydrogens (tertiary/aromatic N) is 3. The summed E-state index contributed by atoms with van der Waals surface area (Å²) >= 11 is 17.8. The third-order valence-electron chi connectivity index (χ3n) is 7.87. The Morgan fingerprint density at radius 2 is 1.57 bits per heavy atom. The molecule has 2 saturated carbocycles. The number of anilines is 3. The van der Waals surface area contributed by atoms with Gasteiger partial charge in [0.05, 0.1) is 5.54 Å². The van der Waals surface area contributed by atoms with Crippen molar-refractivity contribution in [3.63, 3.8) is 0 Å². The number of carboxylic acid groups (broad SMARTS) is 1. The van der Waals surface area contributed by atoms with Crippen LogP contribution in [0.4, 0.5) is 30.8 Å². The number of benzene rings is 2. The van der Waals surface area contributed by atoms with Gasteiger partial charge in [0, 0.05) is 35.3 Å². The first-order chi connectivity index (χ1) is 24.0. The Kier molecular flexibility index (Phi) is 11.3. The van der Waals surface area contributed by atoms with Crippen LogP contribution in [-0.4, -0.2) is 80.0 Å². The molecule has 0 saturated heterocycles. The van der Waals surface area contributed by atoms with Gasteiger partial charge >= 0.3 is 30.0 Å². The number of carbonyl (C=O) groups is 4. The summed E-state index contributed by atoms with van der Waals surface area (Å²) in [6.45, 7) is -1.76. The predicted molar refractivity (Wildman–Crippen MR) is 179 cm³/mol. The number of carbonyl (C=O) groups excluding carboxylic acids is 3. The predicted octanol–water partition coefficient (Wildman–Crippen LogP) is 4.31. The third-order valence-corrected chi connectivity index (χ3v) is 9.05. The fourth-order valence-electron chi connectivity index (χ4n) is 4.80. The highest BCUT2D eigenvalue weighted by molar-refractivity contribution is 6.51. The highest BCUT2D eigenvalue weighted by atomic mass is 35.5. The lowest BCUT2D eigenvalue weighted by atomic mass is 10.1. The normalized spacial score (nSPS) is 17.3. The largest absolute Gasteiger partial charge is 0.480 e. The first-order valence-electron chi connectivity index (χ1n) is 15.4. The molecule has 2 aromatic carbocycles. The standard InChI is InChI=1S/C31H30Cl3F3N8O6/c32-19-5-3-17(4-6-19)29(10-11-29)45-27-42-26(43-28(44-27)51-15-31(35,36)37)40-20-7-1-16(2-8-20)22(46)41-21(25(49)50)9-12-38-23(47)24(48)39-14-18-13-30(18,33)34/h1-8,18,21H,9-15H2,(H,38,47)(H,39,48)(H,41,46)(H,49,50)(H2,40,42,43,44,45)/t18?,21-/m0/s1. The van der Waals surface area contributed by atoms with Crippen LogP contribution in [0.3, 0.4) is 0 Å². The molecule has 51 heavy (non-hydrogen) atoms. The van der Waals surface area contributed by atoms with E-state index in [9.17, 15) is 37.5 Å². The highest BCUT2D eigenvalue weighted by Gasteiger charge is 2.51. The number of halogens is 6. The van der Waals surface area contributed by atoms with Crippen molar-refractivity contribution in [2.45, 2.75) is 47.8 Å². The van der Waals surface area contributed by atoms with Gasteiger partial charge in [0.2, 0.25) is 11.9 Å². The van der Waals surface area contributed by atoms with E-state index in [-0.39, 0.29) is 42.9 Å². The van der Waals surface area contributed by atoms with E-state index in [0.29, 0.717) is 30.0 Å². The smallest absolute Gasteiger partial charge is 0.422 e. The topological polar surface area (TPSA) is 197 Å². The maximum absolute atomic E-state index is 12.9. The molecule has 0 bridgehead atoms. The van der Waals surface area contributed by atoms with Crippen molar-refractivity contribution in [1.29, 1.82) is 0 Å². The Balaban J connectivity index is 1.18. The molecule has 1 heterocycles. The van der Waals surface area contributed by atoms with Crippen LogP contribution >= 0.6 is 34.8 Å². The molecule has 3 aromatic rings. The Morgan fingerprint density at radius 1 is 0.941 bits per heavy atom. The molecule has 272 valence electrons. The van der Waals surface area contributed by atoms with Gasteiger partial charge < -0.3 is 36.4 Å². The average molecular weight is 774 g/mol. The van der Waals surface area contributed by atoms with E-state index >= 15 is 0 Å². The molecule has 2 aliphatic rings. The summed E-state index contributed by atoms with van der Waals surface area (Å²) in [4.78, 5) is 60.8. The summed E-state index contributed by atoms with van der Waals surface area (Å²) < 4.78 is 42.6. The van der Waals surface area contributed by atoms with Crippen LogP contribution in [0.5, 0.6) is 6.01 Å². The lowest BCUT2D eigenvalue weighted by Gasteiger charge is -2.19. The maximum Gasteiger partial charge on any atom is 0.422 e. The Bertz CT molecular complexity index is 1780. The Morgan fingerprint density at radius 3 is 2.16 bits per heavy atom. The maximum atomic E-state index is 12.9. The number of hydrogen-bond acceptors (Lipinski definition) is 10. The SMILES string of the molecule is O=C(NCC[C@H](NC(=O)c1ccc(Nc2nc(NC3(c4ccc(Cl)cc4)CC3)nc(OCC(F)(F)F)n2)cc1)C(=O)O)C(=O)NCC1CC1(Cl)Cl. The monoisotopic (exact) mass is 772 g/mol. The van der Waals surface area contributed by atoms with Crippen LogP contribution in [0.15, 0.2) is 48.5 Å². The first-order valence-corrected chi connectivity index (χ1v) is 16.5. The summed E-state index contributed by atoms with van der Waals surface area (Å²) in [6, 6.07) is 10.7. The second-order valence-corrected chi connectivity index (χ2v) is 13.8. The number of alkyl halides is 5. The number of carboxylic acids is 1. The zero-order valence-corrected chi connectivity index (χ0v) is 28.6. The second-order valence-electron chi connectivity index (χ2n) is 11.9. The van der Waals surface area contributed by atoms with Gasteiger partial charge in [-0.1, -0.05) is 23.7 Å². The minimum atomic E-state index is -4.64. The number of amides is 3. The quantitative estimate of drug-likeness (QED) is 0.0952.